The highest BCUT2D eigenvalue weighted by atomic mass is 35.5. The second kappa shape index (κ2) is 9.03. The Labute approximate surface area is 146 Å². The summed E-state index contributed by atoms with van der Waals surface area (Å²) in [4.78, 5) is 13.7. The summed E-state index contributed by atoms with van der Waals surface area (Å²) in [6.07, 6.45) is 0. The van der Waals surface area contributed by atoms with Gasteiger partial charge in [-0.15, -0.1) is 0 Å². The number of likely N-dealkylation sites (N-methyl/N-ethyl adjacent to an activating group) is 1. The number of rotatable bonds is 8. The fourth-order valence-electron chi connectivity index (χ4n) is 1.97. The van der Waals surface area contributed by atoms with E-state index in [-0.39, 0.29) is 12.5 Å². The lowest BCUT2D eigenvalue weighted by Crippen LogP contribution is -2.34. The van der Waals surface area contributed by atoms with Gasteiger partial charge in [0, 0.05) is 12.1 Å². The third kappa shape index (κ3) is 5.35. The average molecular weight is 350 g/mol. The highest BCUT2D eigenvalue weighted by molar-refractivity contribution is 6.30. The third-order valence-corrected chi connectivity index (χ3v) is 3.57. The van der Waals surface area contributed by atoms with Gasteiger partial charge in [-0.05, 0) is 30.3 Å². The molecule has 0 aliphatic rings. The molecule has 0 saturated carbocycles. The topological polar surface area (TPSA) is 48.0 Å². The van der Waals surface area contributed by atoms with E-state index < -0.39 is 0 Å². The molecule has 24 heavy (non-hydrogen) atoms. The molecule has 0 N–H and O–H groups in total. The van der Waals surface area contributed by atoms with Crippen LogP contribution >= 0.6 is 11.6 Å². The highest BCUT2D eigenvalue weighted by Gasteiger charge is 2.11. The van der Waals surface area contributed by atoms with Crippen LogP contribution in [0.3, 0.4) is 0 Å². The molecule has 0 unspecified atom stereocenters. The van der Waals surface area contributed by atoms with Gasteiger partial charge in [-0.25, -0.2) is 0 Å². The molecule has 0 saturated heterocycles. The molecule has 2 aromatic carbocycles. The Morgan fingerprint density at radius 1 is 1.08 bits per heavy atom. The Balaban J connectivity index is 1.76. The molecule has 0 aliphatic carbocycles. The maximum Gasteiger partial charge on any atom is 0.260 e. The lowest BCUT2D eigenvalue weighted by molar-refractivity contribution is -0.132. The third-order valence-electron chi connectivity index (χ3n) is 3.34. The van der Waals surface area contributed by atoms with Crippen molar-refractivity contribution in [1.29, 1.82) is 0 Å². The van der Waals surface area contributed by atoms with E-state index in [4.69, 9.17) is 25.8 Å². The van der Waals surface area contributed by atoms with E-state index in [0.717, 1.165) is 0 Å². The van der Waals surface area contributed by atoms with Gasteiger partial charge in [0.15, 0.2) is 18.1 Å². The molecule has 0 atom stereocenters. The molecular formula is C18H20ClNO4. The summed E-state index contributed by atoms with van der Waals surface area (Å²) in [5.74, 6) is 1.67. The summed E-state index contributed by atoms with van der Waals surface area (Å²) < 4.78 is 16.3. The number of carbonyl (C=O) groups is 1. The van der Waals surface area contributed by atoms with Crippen molar-refractivity contribution in [2.75, 3.05) is 33.9 Å². The number of para-hydroxylation sites is 2. The van der Waals surface area contributed by atoms with Gasteiger partial charge in [-0.1, -0.05) is 29.8 Å². The van der Waals surface area contributed by atoms with E-state index in [1.165, 1.54) is 0 Å². The molecule has 0 aliphatic heterocycles. The van der Waals surface area contributed by atoms with Crippen LogP contribution in [0.5, 0.6) is 17.2 Å². The van der Waals surface area contributed by atoms with E-state index in [2.05, 4.69) is 0 Å². The molecule has 0 radical (unpaired) electrons. The zero-order chi connectivity index (χ0) is 17.4. The van der Waals surface area contributed by atoms with Gasteiger partial charge in [0.25, 0.3) is 5.91 Å². The van der Waals surface area contributed by atoms with E-state index in [1.807, 2.05) is 24.3 Å². The standard InChI is InChI=1S/C18H20ClNO4/c1-20(10-11-23-15-7-5-6-14(19)12-15)18(21)13-24-17-9-4-3-8-16(17)22-2/h3-9,12H,10-11,13H2,1-2H3. The smallest absolute Gasteiger partial charge is 0.260 e. The van der Waals surface area contributed by atoms with Crippen molar-refractivity contribution in [1.82, 2.24) is 4.90 Å². The number of hydrogen-bond donors (Lipinski definition) is 0. The summed E-state index contributed by atoms with van der Waals surface area (Å²) in [7, 11) is 3.26. The first-order valence-electron chi connectivity index (χ1n) is 7.48. The molecule has 6 heteroatoms. The normalized spacial score (nSPS) is 10.1. The zero-order valence-corrected chi connectivity index (χ0v) is 14.5. The van der Waals surface area contributed by atoms with Gasteiger partial charge in [0.2, 0.25) is 0 Å². The Kier molecular flexibility index (Phi) is 6.75. The Hall–Kier alpha value is -2.40. The molecule has 0 spiro atoms. The number of benzene rings is 2. The molecule has 5 nitrogen and oxygen atoms in total. The van der Waals surface area contributed by atoms with Crippen LogP contribution in [0.1, 0.15) is 0 Å². The van der Waals surface area contributed by atoms with Crippen molar-refractivity contribution in [2.45, 2.75) is 0 Å². The number of nitrogens with zero attached hydrogens (tertiary/aromatic N) is 1. The van der Waals surface area contributed by atoms with Gasteiger partial charge >= 0.3 is 0 Å². The minimum Gasteiger partial charge on any atom is -0.493 e. The molecule has 1 amide bonds. The van der Waals surface area contributed by atoms with Gasteiger partial charge < -0.3 is 19.1 Å². The Morgan fingerprint density at radius 3 is 2.54 bits per heavy atom. The van der Waals surface area contributed by atoms with Gasteiger partial charge in [0.1, 0.15) is 12.4 Å². The summed E-state index contributed by atoms with van der Waals surface area (Å²) in [5, 5.41) is 0.613. The average Bonchev–Trinajstić information content (AvgIpc) is 2.59. The summed E-state index contributed by atoms with van der Waals surface area (Å²) >= 11 is 5.89. The number of methoxy groups -OCH3 is 1. The van der Waals surface area contributed by atoms with Gasteiger partial charge in [0.05, 0.1) is 13.7 Å². The summed E-state index contributed by atoms with van der Waals surface area (Å²) in [6.45, 7) is 0.756. The van der Waals surface area contributed by atoms with E-state index in [1.54, 1.807) is 43.3 Å². The van der Waals surface area contributed by atoms with Gasteiger partial charge in [-0.2, -0.15) is 0 Å². The Bertz CT molecular complexity index is 678. The minimum absolute atomic E-state index is 0.0615. The fraction of sp³-hybridized carbons (Fsp3) is 0.278. The molecule has 0 bridgehead atoms. The van der Waals surface area contributed by atoms with E-state index >= 15 is 0 Å². The molecule has 128 valence electrons. The van der Waals surface area contributed by atoms with E-state index in [0.29, 0.717) is 35.4 Å². The zero-order valence-electron chi connectivity index (χ0n) is 13.7. The van der Waals surface area contributed by atoms with Crippen LogP contribution in [0.4, 0.5) is 0 Å². The van der Waals surface area contributed by atoms with Gasteiger partial charge in [-0.3, -0.25) is 4.79 Å². The molecule has 0 fully saturated rings. The molecule has 2 rings (SSSR count). The van der Waals surface area contributed by atoms with Crippen LogP contribution in [0.2, 0.25) is 5.02 Å². The quantitative estimate of drug-likeness (QED) is 0.734. The van der Waals surface area contributed by atoms with Crippen molar-refractivity contribution < 1.29 is 19.0 Å². The molecule has 0 aromatic heterocycles. The first-order chi connectivity index (χ1) is 11.6. The number of halogens is 1. The number of carbonyl (C=O) groups excluding carboxylic acids is 1. The van der Waals surface area contributed by atoms with Crippen LogP contribution in [0.15, 0.2) is 48.5 Å². The summed E-state index contributed by atoms with van der Waals surface area (Å²) in [6, 6.07) is 14.3. The van der Waals surface area contributed by atoms with Crippen LogP contribution in [0, 0.1) is 0 Å². The van der Waals surface area contributed by atoms with Crippen molar-refractivity contribution in [3.63, 3.8) is 0 Å². The second-order valence-electron chi connectivity index (χ2n) is 5.06. The minimum atomic E-state index is -0.143. The number of ether oxygens (including phenoxy) is 3. The van der Waals surface area contributed by atoms with E-state index in [9.17, 15) is 4.79 Å². The maximum atomic E-state index is 12.1. The molecule has 2 aromatic rings. The number of hydrogen-bond acceptors (Lipinski definition) is 4. The number of amides is 1. The molecular weight excluding hydrogens is 330 g/mol. The van der Waals surface area contributed by atoms with Crippen molar-refractivity contribution in [3.05, 3.63) is 53.6 Å². The monoisotopic (exact) mass is 349 g/mol. The van der Waals surface area contributed by atoms with Crippen molar-refractivity contribution >= 4 is 17.5 Å². The fourth-order valence-corrected chi connectivity index (χ4v) is 2.15. The highest BCUT2D eigenvalue weighted by Crippen LogP contribution is 2.25. The predicted octanol–water partition coefficient (Wildman–Crippen LogP) is 3.26. The lowest BCUT2D eigenvalue weighted by atomic mass is 10.3. The lowest BCUT2D eigenvalue weighted by Gasteiger charge is -2.18. The Morgan fingerprint density at radius 2 is 1.83 bits per heavy atom. The SMILES string of the molecule is COc1ccccc1OCC(=O)N(C)CCOc1cccc(Cl)c1. The van der Waals surface area contributed by atoms with Crippen LogP contribution < -0.4 is 14.2 Å². The van der Waals surface area contributed by atoms with Crippen LogP contribution in [0.25, 0.3) is 0 Å². The van der Waals surface area contributed by atoms with Crippen LogP contribution in [-0.2, 0) is 4.79 Å². The summed E-state index contributed by atoms with van der Waals surface area (Å²) in [5.41, 5.74) is 0. The molecule has 0 heterocycles. The maximum absolute atomic E-state index is 12.1. The largest absolute Gasteiger partial charge is 0.493 e. The predicted molar refractivity (Wildman–Crippen MR) is 93.1 cm³/mol. The van der Waals surface area contributed by atoms with Crippen LogP contribution in [-0.4, -0.2) is 44.7 Å². The van der Waals surface area contributed by atoms with Crippen molar-refractivity contribution in [3.8, 4) is 17.2 Å². The first kappa shape index (κ1) is 17.9. The van der Waals surface area contributed by atoms with Crippen molar-refractivity contribution in [2.24, 2.45) is 0 Å². The second-order valence-corrected chi connectivity index (χ2v) is 5.50. The first-order valence-corrected chi connectivity index (χ1v) is 7.86.